The van der Waals surface area contributed by atoms with Gasteiger partial charge in [0.2, 0.25) is 0 Å². The van der Waals surface area contributed by atoms with Crippen LogP contribution < -0.4 is 0 Å². The molecule has 0 spiro atoms. The van der Waals surface area contributed by atoms with Crippen molar-refractivity contribution in [2.45, 2.75) is 11.8 Å². The van der Waals surface area contributed by atoms with Gasteiger partial charge in [-0.15, -0.1) is 0 Å². The van der Waals surface area contributed by atoms with Crippen LogP contribution in [0.4, 0.5) is 0 Å². The van der Waals surface area contributed by atoms with E-state index in [9.17, 15) is 8.42 Å². The molecule has 0 radical (unpaired) electrons. The first-order chi connectivity index (χ1) is 9.95. The van der Waals surface area contributed by atoms with Crippen molar-refractivity contribution in [3.8, 4) is 6.07 Å². The first-order valence-electron chi connectivity index (χ1n) is 6.05. The second-order valence-corrected chi connectivity index (χ2v) is 5.85. The van der Waals surface area contributed by atoms with E-state index in [-0.39, 0.29) is 4.90 Å². The third-order valence-corrected chi connectivity index (χ3v) is 3.99. The van der Waals surface area contributed by atoms with Gasteiger partial charge in [-0.25, -0.2) is 0 Å². The lowest BCUT2D eigenvalue weighted by atomic mass is 10.2. The number of rotatable bonds is 4. The van der Waals surface area contributed by atoms with Crippen LogP contribution in [0.3, 0.4) is 0 Å². The van der Waals surface area contributed by atoms with E-state index in [1.165, 1.54) is 12.1 Å². The lowest BCUT2D eigenvalue weighted by Gasteiger charge is -2.03. The molecule has 0 aliphatic carbocycles. The van der Waals surface area contributed by atoms with E-state index in [4.69, 9.17) is 5.26 Å². The Hall–Kier alpha value is -2.59. The Labute approximate surface area is 123 Å². The van der Waals surface area contributed by atoms with Gasteiger partial charge in [-0.2, -0.15) is 13.7 Å². The lowest BCUT2D eigenvalue weighted by molar-refractivity contribution is 0.339. The highest BCUT2D eigenvalue weighted by Crippen LogP contribution is 2.14. The minimum Gasteiger partial charge on any atom is -0.342 e. The van der Waals surface area contributed by atoms with Crippen molar-refractivity contribution in [3.63, 3.8) is 0 Å². The van der Waals surface area contributed by atoms with Gasteiger partial charge < -0.3 is 4.57 Å². The number of benzene rings is 1. The molecule has 0 fully saturated rings. The molecule has 6 nitrogen and oxygen atoms in total. The average molecular weight is 303 g/mol. The Morgan fingerprint density at radius 1 is 1.29 bits per heavy atom. The van der Waals surface area contributed by atoms with Crippen LogP contribution in [0.2, 0.25) is 0 Å². The van der Waals surface area contributed by atoms with Gasteiger partial charge >= 0.3 is 10.1 Å². The standard InChI is InChI=1S/C14H13N3O3S/c1-11(13-8-9-17(2)14(13)10-15)16-20-21(18,19)12-6-4-3-5-7-12/h3-9H,1-2H3. The highest BCUT2D eigenvalue weighted by molar-refractivity contribution is 7.86. The van der Waals surface area contributed by atoms with Crippen LogP contribution in [0.25, 0.3) is 0 Å². The highest BCUT2D eigenvalue weighted by Gasteiger charge is 2.16. The number of aryl methyl sites for hydroxylation is 1. The quantitative estimate of drug-likeness (QED) is 0.639. The number of nitrogens with zero attached hydrogens (tertiary/aromatic N) is 3. The molecule has 0 saturated heterocycles. The van der Waals surface area contributed by atoms with Crippen LogP contribution in [-0.4, -0.2) is 18.7 Å². The average Bonchev–Trinajstić information content (AvgIpc) is 2.86. The van der Waals surface area contributed by atoms with Crippen molar-refractivity contribution in [3.05, 3.63) is 53.9 Å². The van der Waals surface area contributed by atoms with Crippen molar-refractivity contribution in [1.29, 1.82) is 5.26 Å². The molecule has 0 amide bonds. The van der Waals surface area contributed by atoms with Crippen molar-refractivity contribution >= 4 is 15.8 Å². The van der Waals surface area contributed by atoms with Crippen LogP contribution in [0.5, 0.6) is 0 Å². The fraction of sp³-hybridized carbons (Fsp3) is 0.143. The maximum Gasteiger partial charge on any atom is 0.358 e. The molecule has 1 aromatic heterocycles. The minimum absolute atomic E-state index is 0.0233. The second-order valence-electron chi connectivity index (χ2n) is 4.32. The molecule has 2 aromatic rings. The summed E-state index contributed by atoms with van der Waals surface area (Å²) in [7, 11) is -2.23. The third kappa shape index (κ3) is 3.12. The summed E-state index contributed by atoms with van der Waals surface area (Å²) in [5, 5.41) is 12.7. The topological polar surface area (TPSA) is 84.4 Å². The van der Waals surface area contributed by atoms with E-state index < -0.39 is 10.1 Å². The van der Waals surface area contributed by atoms with Gasteiger partial charge in [-0.1, -0.05) is 23.4 Å². The summed E-state index contributed by atoms with van der Waals surface area (Å²) in [4.78, 5) is 0.0233. The van der Waals surface area contributed by atoms with E-state index in [1.54, 1.807) is 49.0 Å². The molecule has 0 N–H and O–H groups in total. The molecule has 1 heterocycles. The molecule has 108 valence electrons. The van der Waals surface area contributed by atoms with Crippen LogP contribution in [0.15, 0.2) is 52.6 Å². The zero-order valence-corrected chi connectivity index (χ0v) is 12.3. The minimum atomic E-state index is -3.95. The fourth-order valence-corrected chi connectivity index (χ4v) is 2.53. The fourth-order valence-electron chi connectivity index (χ4n) is 1.75. The Kier molecular flexibility index (Phi) is 4.10. The molecule has 0 unspecified atom stereocenters. The number of nitriles is 1. The summed E-state index contributed by atoms with van der Waals surface area (Å²) in [6.07, 6.45) is 1.69. The zero-order valence-electron chi connectivity index (χ0n) is 11.5. The monoisotopic (exact) mass is 303 g/mol. The Morgan fingerprint density at radius 2 is 1.95 bits per heavy atom. The molecule has 1 aromatic carbocycles. The first-order valence-corrected chi connectivity index (χ1v) is 7.45. The summed E-state index contributed by atoms with van der Waals surface area (Å²) >= 11 is 0. The molecule has 7 heteroatoms. The summed E-state index contributed by atoms with van der Waals surface area (Å²) in [5.41, 5.74) is 1.23. The predicted molar refractivity (Wildman–Crippen MR) is 77.1 cm³/mol. The number of oxime groups is 1. The SMILES string of the molecule is CC(=NOS(=O)(=O)c1ccccc1)c1ccn(C)c1C#N. The molecule has 0 atom stereocenters. The lowest BCUT2D eigenvalue weighted by Crippen LogP contribution is -2.06. The van der Waals surface area contributed by atoms with Crippen LogP contribution >= 0.6 is 0 Å². The van der Waals surface area contributed by atoms with E-state index in [0.29, 0.717) is 17.0 Å². The van der Waals surface area contributed by atoms with Gasteiger partial charge in [-0.3, -0.25) is 4.28 Å². The largest absolute Gasteiger partial charge is 0.358 e. The van der Waals surface area contributed by atoms with Crippen molar-refractivity contribution in [2.75, 3.05) is 0 Å². The van der Waals surface area contributed by atoms with Gasteiger partial charge in [0.1, 0.15) is 16.7 Å². The Bertz CT molecular complexity index is 815. The van der Waals surface area contributed by atoms with Gasteiger partial charge in [-0.05, 0) is 25.1 Å². The van der Waals surface area contributed by atoms with Gasteiger partial charge in [0.25, 0.3) is 0 Å². The number of hydrogen-bond acceptors (Lipinski definition) is 5. The van der Waals surface area contributed by atoms with E-state index >= 15 is 0 Å². The summed E-state index contributed by atoms with van der Waals surface area (Å²) in [6, 6.07) is 11.4. The molecule has 21 heavy (non-hydrogen) atoms. The molecular formula is C14H13N3O3S. The van der Waals surface area contributed by atoms with Crippen LogP contribution in [0.1, 0.15) is 18.2 Å². The van der Waals surface area contributed by atoms with Crippen LogP contribution in [-0.2, 0) is 21.4 Å². The predicted octanol–water partition coefficient (Wildman–Crippen LogP) is 2.03. The Balaban J connectivity index is 2.27. The van der Waals surface area contributed by atoms with Crippen molar-refractivity contribution in [2.24, 2.45) is 12.2 Å². The third-order valence-electron chi connectivity index (χ3n) is 2.87. The molecular weight excluding hydrogens is 290 g/mol. The van der Waals surface area contributed by atoms with Crippen molar-refractivity contribution in [1.82, 2.24) is 4.57 Å². The van der Waals surface area contributed by atoms with Gasteiger partial charge in [0.05, 0.1) is 5.71 Å². The maximum absolute atomic E-state index is 11.9. The maximum atomic E-state index is 11.9. The summed E-state index contributed by atoms with van der Waals surface area (Å²) < 4.78 is 30.2. The van der Waals surface area contributed by atoms with Crippen molar-refractivity contribution < 1.29 is 12.7 Å². The molecule has 0 saturated carbocycles. The normalized spacial score (nSPS) is 12.0. The number of aromatic nitrogens is 1. The smallest absolute Gasteiger partial charge is 0.342 e. The molecule has 0 aliphatic heterocycles. The van der Waals surface area contributed by atoms with E-state index in [1.807, 2.05) is 6.07 Å². The molecule has 0 aliphatic rings. The van der Waals surface area contributed by atoms with Gasteiger partial charge in [0.15, 0.2) is 0 Å². The Morgan fingerprint density at radius 3 is 2.57 bits per heavy atom. The highest BCUT2D eigenvalue weighted by atomic mass is 32.2. The number of hydrogen-bond donors (Lipinski definition) is 0. The van der Waals surface area contributed by atoms with E-state index in [0.717, 1.165) is 0 Å². The zero-order chi connectivity index (χ0) is 15.5. The summed E-state index contributed by atoms with van der Waals surface area (Å²) in [5.74, 6) is 0. The van der Waals surface area contributed by atoms with E-state index in [2.05, 4.69) is 9.44 Å². The molecule has 2 rings (SSSR count). The molecule has 0 bridgehead atoms. The van der Waals surface area contributed by atoms with Crippen LogP contribution in [0, 0.1) is 11.3 Å². The summed E-state index contributed by atoms with van der Waals surface area (Å²) in [6.45, 7) is 1.58. The first kappa shape index (κ1) is 14.8. The van der Waals surface area contributed by atoms with Gasteiger partial charge in [0, 0.05) is 18.8 Å². The second kappa shape index (κ2) is 5.81.